The fourth-order valence-corrected chi connectivity index (χ4v) is 0.646. The zero-order chi connectivity index (χ0) is 8.10. The number of benzene rings is 1. The molecule has 0 heterocycles. The van der Waals surface area contributed by atoms with Crippen molar-refractivity contribution in [2.24, 2.45) is 0 Å². The largest absolute Gasteiger partial charge is 0.504 e. The Labute approximate surface area is 65.2 Å². The number of methoxy groups -OCH3 is 1. The normalized spacial score (nSPS) is 9.55. The molecule has 0 aliphatic heterocycles. The van der Waals surface area contributed by atoms with E-state index in [0.29, 0.717) is 5.75 Å². The molecule has 0 aromatic heterocycles. The quantitative estimate of drug-likeness (QED) is 0.662. The van der Waals surface area contributed by atoms with Gasteiger partial charge >= 0.3 is 0 Å². The van der Waals surface area contributed by atoms with Gasteiger partial charge in [0.15, 0.2) is 18.3 Å². The van der Waals surface area contributed by atoms with Gasteiger partial charge in [0.2, 0.25) is 0 Å². The van der Waals surface area contributed by atoms with Crippen LogP contribution in [0, 0.1) is 6.07 Å². The van der Waals surface area contributed by atoms with Crippen LogP contribution in [0.5, 0.6) is 11.5 Å². The lowest BCUT2D eigenvalue weighted by Crippen LogP contribution is -1.98. The maximum Gasteiger partial charge on any atom is 0.188 e. The van der Waals surface area contributed by atoms with Crippen LogP contribution in [-0.4, -0.2) is 19.0 Å². The third-order valence-electron chi connectivity index (χ3n) is 1.12. The molecule has 59 valence electrons. The van der Waals surface area contributed by atoms with Crippen LogP contribution in [0.25, 0.3) is 0 Å². The minimum absolute atomic E-state index is 0.0737. The molecule has 0 bridgehead atoms. The van der Waals surface area contributed by atoms with Crippen molar-refractivity contribution >= 4 is 0 Å². The summed E-state index contributed by atoms with van der Waals surface area (Å²) in [6.07, 6.45) is 0. The Hall–Kier alpha value is -1.22. The second kappa shape index (κ2) is 3.83. The first-order valence-corrected chi connectivity index (χ1v) is 3.16. The average molecular weight is 153 g/mol. The number of para-hydroxylation sites is 1. The predicted molar refractivity (Wildman–Crippen MR) is 39.4 cm³/mol. The van der Waals surface area contributed by atoms with Gasteiger partial charge in [-0.15, -0.1) is 0 Å². The number of rotatable bonds is 3. The SMILES string of the molecule is COCOc1[c]cccc1O. The summed E-state index contributed by atoms with van der Waals surface area (Å²) in [6.45, 7) is 0.119. The van der Waals surface area contributed by atoms with E-state index in [1.807, 2.05) is 0 Å². The highest BCUT2D eigenvalue weighted by Gasteiger charge is 1.98. The summed E-state index contributed by atoms with van der Waals surface area (Å²) in [7, 11) is 1.51. The molecule has 0 atom stereocenters. The van der Waals surface area contributed by atoms with E-state index in [4.69, 9.17) is 9.84 Å². The topological polar surface area (TPSA) is 38.7 Å². The van der Waals surface area contributed by atoms with Crippen LogP contribution in [0.4, 0.5) is 0 Å². The third-order valence-corrected chi connectivity index (χ3v) is 1.12. The molecule has 0 amide bonds. The highest BCUT2D eigenvalue weighted by molar-refractivity contribution is 5.36. The summed E-state index contributed by atoms with van der Waals surface area (Å²) in [5, 5.41) is 9.13. The molecular formula is C8H9O3. The van der Waals surface area contributed by atoms with Gasteiger partial charge in [0, 0.05) is 13.2 Å². The molecule has 0 unspecified atom stereocenters. The zero-order valence-electron chi connectivity index (χ0n) is 6.20. The molecule has 0 fully saturated rings. The maximum absolute atomic E-state index is 9.13. The van der Waals surface area contributed by atoms with E-state index < -0.39 is 0 Å². The van der Waals surface area contributed by atoms with Gasteiger partial charge < -0.3 is 14.6 Å². The monoisotopic (exact) mass is 153 g/mol. The van der Waals surface area contributed by atoms with Gasteiger partial charge in [0.1, 0.15) is 0 Å². The second-order valence-corrected chi connectivity index (χ2v) is 1.94. The molecule has 0 aliphatic rings. The minimum atomic E-state index is 0.0737. The van der Waals surface area contributed by atoms with Crippen molar-refractivity contribution in [1.29, 1.82) is 0 Å². The van der Waals surface area contributed by atoms with Crippen molar-refractivity contribution in [2.75, 3.05) is 13.9 Å². The summed E-state index contributed by atoms with van der Waals surface area (Å²) in [6, 6.07) is 7.58. The fourth-order valence-electron chi connectivity index (χ4n) is 0.646. The van der Waals surface area contributed by atoms with Crippen molar-refractivity contribution in [3.8, 4) is 11.5 Å². The number of aromatic hydroxyl groups is 1. The van der Waals surface area contributed by atoms with Crippen molar-refractivity contribution in [2.45, 2.75) is 0 Å². The van der Waals surface area contributed by atoms with Crippen LogP contribution in [-0.2, 0) is 4.74 Å². The van der Waals surface area contributed by atoms with Gasteiger partial charge in [-0.05, 0) is 6.07 Å². The van der Waals surface area contributed by atoms with Crippen molar-refractivity contribution < 1.29 is 14.6 Å². The predicted octanol–water partition coefficient (Wildman–Crippen LogP) is 1.18. The summed E-state index contributed by atoms with van der Waals surface area (Å²) in [4.78, 5) is 0. The van der Waals surface area contributed by atoms with E-state index in [2.05, 4.69) is 10.8 Å². The Morgan fingerprint density at radius 1 is 1.64 bits per heavy atom. The fraction of sp³-hybridized carbons (Fsp3) is 0.250. The molecule has 0 saturated carbocycles. The number of hydrogen-bond donors (Lipinski definition) is 1. The maximum atomic E-state index is 9.13. The van der Waals surface area contributed by atoms with Gasteiger partial charge in [-0.25, -0.2) is 0 Å². The van der Waals surface area contributed by atoms with Crippen LogP contribution in [0.3, 0.4) is 0 Å². The average Bonchev–Trinajstić information content (AvgIpc) is 2.03. The first-order chi connectivity index (χ1) is 5.34. The Morgan fingerprint density at radius 2 is 2.45 bits per heavy atom. The second-order valence-electron chi connectivity index (χ2n) is 1.94. The Morgan fingerprint density at radius 3 is 3.09 bits per heavy atom. The Kier molecular flexibility index (Phi) is 2.74. The smallest absolute Gasteiger partial charge is 0.188 e. The molecule has 1 radical (unpaired) electrons. The number of phenolic OH excluding ortho intramolecular Hbond substituents is 1. The molecule has 1 rings (SSSR count). The summed E-state index contributed by atoms with van der Waals surface area (Å²) in [5.41, 5.74) is 0. The molecule has 3 heteroatoms. The first kappa shape index (κ1) is 7.88. The van der Waals surface area contributed by atoms with E-state index in [1.165, 1.54) is 13.2 Å². The Bertz CT molecular complexity index is 222. The van der Waals surface area contributed by atoms with Gasteiger partial charge in [-0.1, -0.05) is 12.1 Å². The van der Waals surface area contributed by atoms with E-state index in [-0.39, 0.29) is 12.5 Å². The van der Waals surface area contributed by atoms with Gasteiger partial charge in [0.25, 0.3) is 0 Å². The van der Waals surface area contributed by atoms with Crippen molar-refractivity contribution in [1.82, 2.24) is 0 Å². The molecule has 11 heavy (non-hydrogen) atoms. The van der Waals surface area contributed by atoms with Gasteiger partial charge in [0.05, 0.1) is 0 Å². The highest BCUT2D eigenvalue weighted by Crippen LogP contribution is 2.23. The van der Waals surface area contributed by atoms with E-state index in [0.717, 1.165) is 0 Å². The van der Waals surface area contributed by atoms with Crippen LogP contribution in [0.1, 0.15) is 0 Å². The molecule has 0 aliphatic carbocycles. The zero-order valence-corrected chi connectivity index (χ0v) is 6.20. The summed E-state index contributed by atoms with van der Waals surface area (Å²) in [5.74, 6) is 0.388. The van der Waals surface area contributed by atoms with Gasteiger partial charge in [-0.3, -0.25) is 0 Å². The van der Waals surface area contributed by atoms with E-state index in [1.54, 1.807) is 12.1 Å². The molecular weight excluding hydrogens is 144 g/mol. The molecule has 1 aromatic rings. The molecule has 1 aromatic carbocycles. The number of phenols is 1. The Balaban J connectivity index is 2.62. The third kappa shape index (κ3) is 2.13. The van der Waals surface area contributed by atoms with Crippen LogP contribution in [0.2, 0.25) is 0 Å². The molecule has 0 spiro atoms. The molecule has 3 nitrogen and oxygen atoms in total. The first-order valence-electron chi connectivity index (χ1n) is 3.16. The molecule has 1 N–H and O–H groups in total. The van der Waals surface area contributed by atoms with Crippen molar-refractivity contribution in [3.63, 3.8) is 0 Å². The van der Waals surface area contributed by atoms with Gasteiger partial charge in [-0.2, -0.15) is 0 Å². The lowest BCUT2D eigenvalue weighted by Gasteiger charge is -2.04. The lowest BCUT2D eigenvalue weighted by atomic mass is 10.3. The number of hydrogen-bond acceptors (Lipinski definition) is 3. The van der Waals surface area contributed by atoms with Crippen molar-refractivity contribution in [3.05, 3.63) is 24.3 Å². The lowest BCUT2D eigenvalue weighted by molar-refractivity contribution is 0.0490. The minimum Gasteiger partial charge on any atom is -0.504 e. The summed E-state index contributed by atoms with van der Waals surface area (Å²) < 4.78 is 9.61. The standard InChI is InChI=1S/C8H9O3/c1-10-6-11-8-5-3-2-4-7(8)9/h2-4,9H,6H2,1H3. The van der Waals surface area contributed by atoms with E-state index in [9.17, 15) is 0 Å². The van der Waals surface area contributed by atoms with Crippen LogP contribution >= 0.6 is 0 Å². The number of ether oxygens (including phenoxy) is 2. The summed E-state index contributed by atoms with van der Waals surface area (Å²) >= 11 is 0. The van der Waals surface area contributed by atoms with E-state index >= 15 is 0 Å². The highest BCUT2D eigenvalue weighted by atomic mass is 16.7. The molecule has 0 saturated heterocycles. The van der Waals surface area contributed by atoms with Crippen LogP contribution < -0.4 is 4.74 Å². The van der Waals surface area contributed by atoms with Crippen LogP contribution in [0.15, 0.2) is 18.2 Å².